The molecule has 7 heteroatoms. The van der Waals surface area contributed by atoms with Gasteiger partial charge < -0.3 is 10.4 Å². The molecule has 1 aromatic rings. The second kappa shape index (κ2) is 6.02. The van der Waals surface area contributed by atoms with E-state index in [4.69, 9.17) is 5.11 Å². The van der Waals surface area contributed by atoms with Crippen LogP contribution in [0.15, 0.2) is 0 Å². The second-order valence-electron chi connectivity index (χ2n) is 5.37. The van der Waals surface area contributed by atoms with Crippen molar-refractivity contribution in [2.45, 2.75) is 57.4 Å². The fraction of sp³-hybridized carbons (Fsp3) is 0.692. The normalized spacial score (nSPS) is 17.1. The van der Waals surface area contributed by atoms with Crippen molar-refractivity contribution in [2.75, 3.05) is 0 Å². The highest BCUT2D eigenvalue weighted by atomic mass is 16.4. The third-order valence-corrected chi connectivity index (χ3v) is 3.65. The summed E-state index contributed by atoms with van der Waals surface area (Å²) in [6, 6.07) is 0. The topological polar surface area (TPSA) is 108 Å². The Labute approximate surface area is 117 Å². The van der Waals surface area contributed by atoms with E-state index in [2.05, 4.69) is 20.5 Å². The van der Waals surface area contributed by atoms with E-state index in [-0.39, 0.29) is 12.2 Å². The average molecular weight is 280 g/mol. The number of hydrogen-bond acceptors (Lipinski definition) is 4. The molecule has 110 valence electrons. The monoisotopic (exact) mass is 280 g/mol. The number of amides is 1. The molecule has 1 aliphatic carbocycles. The molecule has 1 amide bonds. The van der Waals surface area contributed by atoms with E-state index < -0.39 is 17.4 Å². The Kier molecular flexibility index (Phi) is 4.36. The number of carbonyl (C=O) groups is 2. The van der Waals surface area contributed by atoms with Crippen LogP contribution in [0, 0.1) is 0 Å². The molecule has 0 radical (unpaired) electrons. The highest BCUT2D eigenvalue weighted by Crippen LogP contribution is 2.32. The Morgan fingerprint density at radius 2 is 2.10 bits per heavy atom. The number of nitrogens with one attached hydrogen (secondary N) is 2. The molecule has 0 atom stereocenters. The van der Waals surface area contributed by atoms with Crippen LogP contribution in [-0.4, -0.2) is 37.7 Å². The van der Waals surface area contributed by atoms with E-state index in [9.17, 15) is 9.59 Å². The number of aliphatic carboxylic acids is 1. The predicted molar refractivity (Wildman–Crippen MR) is 71.3 cm³/mol. The zero-order valence-corrected chi connectivity index (χ0v) is 11.6. The molecular weight excluding hydrogens is 260 g/mol. The van der Waals surface area contributed by atoms with E-state index in [0.717, 1.165) is 25.7 Å². The van der Waals surface area contributed by atoms with Crippen LogP contribution in [-0.2, 0) is 11.2 Å². The molecule has 7 nitrogen and oxygen atoms in total. The standard InChI is InChI=1S/C13H20N4O3/c1-2-5-9-14-11(17-16-9)12(20)15-13(8-10(18)19)6-3-4-7-13/h2-8H2,1H3,(H,15,20)(H,18,19)(H,14,16,17). The summed E-state index contributed by atoms with van der Waals surface area (Å²) >= 11 is 0. The van der Waals surface area contributed by atoms with Crippen LogP contribution in [0.4, 0.5) is 0 Å². The first-order valence-corrected chi connectivity index (χ1v) is 7.00. The predicted octanol–water partition coefficient (Wildman–Crippen LogP) is 1.27. The number of hydrogen-bond donors (Lipinski definition) is 3. The number of aromatic nitrogens is 3. The second-order valence-corrected chi connectivity index (χ2v) is 5.37. The lowest BCUT2D eigenvalue weighted by Gasteiger charge is -2.27. The van der Waals surface area contributed by atoms with Crippen LogP contribution in [0.1, 0.15) is 61.9 Å². The number of nitrogens with zero attached hydrogens (tertiary/aromatic N) is 2. The Hall–Kier alpha value is -1.92. The van der Waals surface area contributed by atoms with Crippen molar-refractivity contribution in [1.82, 2.24) is 20.5 Å². The molecule has 2 rings (SSSR count). The van der Waals surface area contributed by atoms with E-state index in [1.54, 1.807) is 0 Å². The maximum Gasteiger partial charge on any atom is 0.305 e. The lowest BCUT2D eigenvalue weighted by Crippen LogP contribution is -2.48. The van der Waals surface area contributed by atoms with Gasteiger partial charge in [-0.2, -0.15) is 0 Å². The number of rotatable bonds is 6. The van der Waals surface area contributed by atoms with Crippen molar-refractivity contribution in [3.63, 3.8) is 0 Å². The fourth-order valence-corrected chi connectivity index (χ4v) is 2.73. The molecule has 0 unspecified atom stereocenters. The van der Waals surface area contributed by atoms with Crippen LogP contribution >= 0.6 is 0 Å². The number of aryl methyl sites for hydroxylation is 1. The van der Waals surface area contributed by atoms with Crippen LogP contribution in [0.3, 0.4) is 0 Å². The number of aromatic amines is 1. The smallest absolute Gasteiger partial charge is 0.305 e. The Balaban J connectivity index is 2.05. The fourth-order valence-electron chi connectivity index (χ4n) is 2.73. The van der Waals surface area contributed by atoms with Gasteiger partial charge in [0.1, 0.15) is 5.82 Å². The van der Waals surface area contributed by atoms with E-state index in [1.807, 2.05) is 6.92 Å². The number of H-pyrrole nitrogens is 1. The van der Waals surface area contributed by atoms with Gasteiger partial charge in [-0.3, -0.25) is 14.7 Å². The Bertz CT molecular complexity index is 492. The van der Waals surface area contributed by atoms with Gasteiger partial charge in [0.2, 0.25) is 5.82 Å². The quantitative estimate of drug-likeness (QED) is 0.727. The van der Waals surface area contributed by atoms with Gasteiger partial charge in [0.25, 0.3) is 5.91 Å². The van der Waals surface area contributed by atoms with E-state index >= 15 is 0 Å². The summed E-state index contributed by atoms with van der Waals surface area (Å²) in [7, 11) is 0. The molecule has 0 aromatic carbocycles. The van der Waals surface area contributed by atoms with Crippen molar-refractivity contribution in [3.8, 4) is 0 Å². The van der Waals surface area contributed by atoms with Crippen LogP contribution in [0.2, 0.25) is 0 Å². The average Bonchev–Trinajstić information content (AvgIpc) is 2.98. The van der Waals surface area contributed by atoms with E-state index in [1.165, 1.54) is 0 Å². The van der Waals surface area contributed by atoms with Crippen molar-refractivity contribution in [3.05, 3.63) is 11.6 Å². The molecule has 1 aliphatic rings. The Morgan fingerprint density at radius 3 is 2.70 bits per heavy atom. The van der Waals surface area contributed by atoms with Gasteiger partial charge in [-0.15, -0.1) is 5.10 Å². The van der Waals surface area contributed by atoms with Crippen molar-refractivity contribution < 1.29 is 14.7 Å². The summed E-state index contributed by atoms with van der Waals surface area (Å²) in [6.07, 6.45) is 4.85. The summed E-state index contributed by atoms with van der Waals surface area (Å²) in [5, 5.41) is 18.5. The first kappa shape index (κ1) is 14.5. The summed E-state index contributed by atoms with van der Waals surface area (Å²) < 4.78 is 0. The van der Waals surface area contributed by atoms with Crippen LogP contribution in [0.5, 0.6) is 0 Å². The third-order valence-electron chi connectivity index (χ3n) is 3.65. The molecule has 0 aliphatic heterocycles. The minimum Gasteiger partial charge on any atom is -0.481 e. The molecule has 1 fully saturated rings. The van der Waals surface area contributed by atoms with Gasteiger partial charge in [-0.05, 0) is 19.3 Å². The zero-order valence-electron chi connectivity index (χ0n) is 11.6. The summed E-state index contributed by atoms with van der Waals surface area (Å²) in [6.45, 7) is 2.02. The summed E-state index contributed by atoms with van der Waals surface area (Å²) in [5.74, 6) is -0.526. The minimum atomic E-state index is -0.895. The molecule has 3 N–H and O–H groups in total. The number of carboxylic acids is 1. The third kappa shape index (κ3) is 3.34. The molecule has 1 heterocycles. The van der Waals surface area contributed by atoms with Gasteiger partial charge in [0.05, 0.1) is 12.0 Å². The van der Waals surface area contributed by atoms with Gasteiger partial charge in [0, 0.05) is 6.42 Å². The lowest BCUT2D eigenvalue weighted by molar-refractivity contribution is -0.138. The molecular formula is C13H20N4O3. The zero-order chi connectivity index (χ0) is 14.6. The minimum absolute atomic E-state index is 0.0506. The lowest BCUT2D eigenvalue weighted by atomic mass is 9.93. The molecule has 0 saturated heterocycles. The molecule has 20 heavy (non-hydrogen) atoms. The number of carboxylic acid groups (broad SMARTS) is 1. The van der Waals surface area contributed by atoms with Crippen LogP contribution in [0.25, 0.3) is 0 Å². The summed E-state index contributed by atoms with van der Waals surface area (Å²) in [4.78, 5) is 27.3. The SMILES string of the molecule is CCCc1nc(C(=O)NC2(CC(=O)O)CCCC2)n[nH]1. The van der Waals surface area contributed by atoms with Gasteiger partial charge >= 0.3 is 5.97 Å². The molecule has 0 spiro atoms. The first-order chi connectivity index (χ1) is 9.54. The van der Waals surface area contributed by atoms with Crippen molar-refractivity contribution >= 4 is 11.9 Å². The Morgan fingerprint density at radius 1 is 1.40 bits per heavy atom. The molecule has 0 bridgehead atoms. The van der Waals surface area contributed by atoms with Gasteiger partial charge in [-0.1, -0.05) is 19.8 Å². The van der Waals surface area contributed by atoms with Crippen molar-refractivity contribution in [1.29, 1.82) is 0 Å². The van der Waals surface area contributed by atoms with Crippen LogP contribution < -0.4 is 5.32 Å². The van der Waals surface area contributed by atoms with Gasteiger partial charge in [-0.25, -0.2) is 4.98 Å². The maximum absolute atomic E-state index is 12.2. The highest BCUT2D eigenvalue weighted by molar-refractivity contribution is 5.91. The highest BCUT2D eigenvalue weighted by Gasteiger charge is 2.38. The van der Waals surface area contributed by atoms with Gasteiger partial charge in [0.15, 0.2) is 0 Å². The summed E-state index contributed by atoms with van der Waals surface area (Å²) in [5.41, 5.74) is -0.644. The largest absolute Gasteiger partial charge is 0.481 e. The number of carbonyl (C=O) groups excluding carboxylic acids is 1. The molecule has 1 aromatic heterocycles. The maximum atomic E-state index is 12.2. The van der Waals surface area contributed by atoms with E-state index in [0.29, 0.717) is 18.7 Å². The molecule has 1 saturated carbocycles. The first-order valence-electron chi connectivity index (χ1n) is 7.00. The van der Waals surface area contributed by atoms with Crippen molar-refractivity contribution in [2.24, 2.45) is 0 Å².